The number of carboxylic acid groups (broad SMARTS) is 2. The Morgan fingerprint density at radius 3 is 1.34 bits per heavy atom. The van der Waals surface area contributed by atoms with Gasteiger partial charge in [-0.25, -0.2) is 26.4 Å². The highest BCUT2D eigenvalue weighted by atomic mass is 32.2. The standard InChI is InChI=1S/C25H21NO4S.C22H18F3NO4S/c27-25(28)22-13-5-2-9-19(22)16-17-20-10-3-6-14-23(20)26-31(29,30)24-15-7-11-18-8-1-4-12-21(18)24;23-22(24,25)18-10-4-6-12-20(18)31(29,30)26-19-11-5-2-8-16(19)14-13-15-7-1-3-9-17(15)21(27)28/h1-15,26H,16-17H2,(H,27,28);1-12,26H,13-14H2,(H,27,28). The molecule has 0 fully saturated rings. The van der Waals surface area contributed by atoms with Gasteiger partial charge in [-0.05, 0) is 95.8 Å². The number of hydrogen-bond donors (Lipinski definition) is 4. The van der Waals surface area contributed by atoms with Crippen LogP contribution in [0.15, 0.2) is 174 Å². The molecule has 7 rings (SSSR count). The van der Waals surface area contributed by atoms with Gasteiger partial charge < -0.3 is 10.2 Å². The number of nitrogens with one attached hydrogen (secondary N) is 2. The lowest BCUT2D eigenvalue weighted by atomic mass is 9.99. The van der Waals surface area contributed by atoms with Gasteiger partial charge in [0.05, 0.1) is 37.9 Å². The summed E-state index contributed by atoms with van der Waals surface area (Å²) in [5.41, 5.74) is 2.36. The van der Waals surface area contributed by atoms with Gasteiger partial charge in [-0.3, -0.25) is 9.44 Å². The maximum Gasteiger partial charge on any atom is 0.417 e. The van der Waals surface area contributed by atoms with Crippen LogP contribution in [0.3, 0.4) is 0 Å². The van der Waals surface area contributed by atoms with Crippen molar-refractivity contribution in [2.75, 3.05) is 9.44 Å². The summed E-state index contributed by atoms with van der Waals surface area (Å²) >= 11 is 0. The van der Waals surface area contributed by atoms with E-state index in [4.69, 9.17) is 0 Å². The maximum absolute atomic E-state index is 13.3. The Balaban J connectivity index is 0.000000207. The smallest absolute Gasteiger partial charge is 0.417 e. The van der Waals surface area contributed by atoms with E-state index in [2.05, 4.69) is 9.44 Å². The molecule has 7 aromatic rings. The fraction of sp³-hybridized carbons (Fsp3) is 0.106. The predicted octanol–water partition coefficient (Wildman–Crippen LogP) is 10.1. The molecule has 0 radical (unpaired) electrons. The summed E-state index contributed by atoms with van der Waals surface area (Å²) < 4.78 is 96.7. The van der Waals surface area contributed by atoms with E-state index in [0.717, 1.165) is 23.1 Å². The number of hydrogen-bond acceptors (Lipinski definition) is 6. The minimum Gasteiger partial charge on any atom is -0.478 e. The minimum absolute atomic E-state index is 0.132. The average Bonchev–Trinajstić information content (AvgIpc) is 3.25. The van der Waals surface area contributed by atoms with Gasteiger partial charge in [0.2, 0.25) is 0 Å². The van der Waals surface area contributed by atoms with Crippen molar-refractivity contribution in [2.24, 2.45) is 0 Å². The Hall–Kier alpha value is -6.97. The normalized spacial score (nSPS) is 11.6. The molecule has 0 saturated carbocycles. The highest BCUT2D eigenvalue weighted by molar-refractivity contribution is 7.93. The van der Waals surface area contributed by atoms with E-state index >= 15 is 0 Å². The van der Waals surface area contributed by atoms with Gasteiger partial charge in [0.1, 0.15) is 0 Å². The number of sulfonamides is 2. The molecular formula is C47H39F3N2O8S2. The number of aryl methyl sites for hydroxylation is 4. The molecule has 7 aromatic carbocycles. The Morgan fingerprint density at radius 1 is 0.452 bits per heavy atom. The molecule has 0 aliphatic heterocycles. The molecule has 0 heterocycles. The number of alkyl halides is 3. The van der Waals surface area contributed by atoms with Crippen LogP contribution in [0.4, 0.5) is 24.5 Å². The molecule has 0 aromatic heterocycles. The molecule has 0 saturated heterocycles. The van der Waals surface area contributed by atoms with E-state index in [-0.39, 0.29) is 28.1 Å². The van der Waals surface area contributed by atoms with Crippen LogP contribution in [0.25, 0.3) is 10.8 Å². The fourth-order valence-electron chi connectivity index (χ4n) is 6.87. The lowest BCUT2D eigenvalue weighted by Crippen LogP contribution is -2.19. The van der Waals surface area contributed by atoms with Crippen molar-refractivity contribution >= 4 is 54.1 Å². The van der Waals surface area contributed by atoms with Gasteiger partial charge in [-0.1, -0.05) is 121 Å². The second-order valence-corrected chi connectivity index (χ2v) is 17.2. The summed E-state index contributed by atoms with van der Waals surface area (Å²) in [5.74, 6) is -2.05. The number of halogens is 3. The topological polar surface area (TPSA) is 167 Å². The van der Waals surface area contributed by atoms with E-state index in [1.165, 1.54) is 18.2 Å². The van der Waals surface area contributed by atoms with Gasteiger partial charge in [0.25, 0.3) is 20.0 Å². The summed E-state index contributed by atoms with van der Waals surface area (Å²) in [6.45, 7) is 0. The van der Waals surface area contributed by atoms with Crippen molar-refractivity contribution in [3.8, 4) is 0 Å². The van der Waals surface area contributed by atoms with Crippen molar-refractivity contribution in [3.05, 3.63) is 203 Å². The third kappa shape index (κ3) is 10.8. The lowest BCUT2D eigenvalue weighted by molar-refractivity contribution is -0.139. The SMILES string of the molecule is O=C(O)c1ccccc1CCc1ccccc1NS(=O)(=O)c1cccc2ccccc12.O=C(O)c1ccccc1CCc1ccccc1NS(=O)(=O)c1ccccc1C(F)(F)F. The van der Waals surface area contributed by atoms with Crippen LogP contribution in [0.2, 0.25) is 0 Å². The van der Waals surface area contributed by atoms with Crippen molar-refractivity contribution < 1.29 is 49.8 Å². The summed E-state index contributed by atoms with van der Waals surface area (Å²) in [5, 5.41) is 20.2. The van der Waals surface area contributed by atoms with Crippen LogP contribution in [0, 0.1) is 0 Å². The summed E-state index contributed by atoms with van der Waals surface area (Å²) in [6, 6.07) is 43.3. The molecule has 0 spiro atoms. The Kier molecular flexibility index (Phi) is 13.8. The first-order valence-corrected chi connectivity index (χ1v) is 22.0. The summed E-state index contributed by atoms with van der Waals surface area (Å²) in [4.78, 5) is 22.2. The first-order valence-electron chi connectivity index (χ1n) is 19.0. The Morgan fingerprint density at radius 2 is 0.823 bits per heavy atom. The molecular weight excluding hydrogens is 842 g/mol. The van der Waals surface area contributed by atoms with Gasteiger partial charge >= 0.3 is 18.1 Å². The Labute approximate surface area is 356 Å². The third-order valence-electron chi connectivity index (χ3n) is 9.87. The van der Waals surface area contributed by atoms with Gasteiger partial charge in [-0.15, -0.1) is 0 Å². The molecule has 62 heavy (non-hydrogen) atoms. The van der Waals surface area contributed by atoms with Gasteiger partial charge in [0.15, 0.2) is 0 Å². The zero-order chi connectivity index (χ0) is 44.5. The molecule has 10 nitrogen and oxygen atoms in total. The monoisotopic (exact) mass is 880 g/mol. The zero-order valence-corrected chi connectivity index (χ0v) is 34.3. The number of aromatic carboxylic acids is 2. The van der Waals surface area contributed by atoms with Crippen LogP contribution in [-0.2, 0) is 51.9 Å². The quantitative estimate of drug-likeness (QED) is 0.0838. The molecule has 0 amide bonds. The van der Waals surface area contributed by atoms with Crippen molar-refractivity contribution in [1.82, 2.24) is 0 Å². The Bertz CT molecular complexity index is 2970. The van der Waals surface area contributed by atoms with E-state index in [1.807, 2.05) is 36.4 Å². The van der Waals surface area contributed by atoms with Gasteiger partial charge in [-0.2, -0.15) is 13.2 Å². The van der Waals surface area contributed by atoms with Crippen LogP contribution >= 0.6 is 0 Å². The summed E-state index contributed by atoms with van der Waals surface area (Å²) in [6.07, 6.45) is -3.26. The predicted molar refractivity (Wildman–Crippen MR) is 232 cm³/mol. The van der Waals surface area contributed by atoms with Crippen molar-refractivity contribution in [1.29, 1.82) is 0 Å². The number of benzene rings is 7. The zero-order valence-electron chi connectivity index (χ0n) is 32.7. The number of carboxylic acids is 2. The first kappa shape index (κ1) is 44.6. The average molecular weight is 881 g/mol. The van der Waals surface area contributed by atoms with Crippen LogP contribution in [0.5, 0.6) is 0 Å². The molecule has 0 unspecified atom stereocenters. The fourth-order valence-corrected chi connectivity index (χ4v) is 9.53. The molecule has 0 bridgehead atoms. The van der Waals surface area contributed by atoms with E-state index in [1.54, 1.807) is 91.0 Å². The van der Waals surface area contributed by atoms with Crippen LogP contribution in [0.1, 0.15) is 48.5 Å². The number of carbonyl (C=O) groups is 2. The highest BCUT2D eigenvalue weighted by Crippen LogP contribution is 2.35. The largest absolute Gasteiger partial charge is 0.478 e. The molecule has 0 aliphatic carbocycles. The number of fused-ring (bicyclic) bond motifs is 1. The molecule has 0 aliphatic rings. The molecule has 4 N–H and O–H groups in total. The van der Waals surface area contributed by atoms with E-state index < -0.39 is 48.6 Å². The molecule has 0 atom stereocenters. The maximum atomic E-state index is 13.3. The van der Waals surface area contributed by atoms with E-state index in [0.29, 0.717) is 53.1 Å². The van der Waals surface area contributed by atoms with Crippen molar-refractivity contribution in [2.45, 2.75) is 41.7 Å². The van der Waals surface area contributed by atoms with E-state index in [9.17, 15) is 49.8 Å². The molecule has 318 valence electrons. The number of anilines is 2. The van der Waals surface area contributed by atoms with Gasteiger partial charge in [0, 0.05) is 5.39 Å². The lowest BCUT2D eigenvalue weighted by Gasteiger charge is -2.16. The molecule has 15 heteroatoms. The number of para-hydroxylation sites is 2. The van der Waals surface area contributed by atoms with Crippen LogP contribution < -0.4 is 9.44 Å². The second-order valence-electron chi connectivity index (χ2n) is 13.9. The van der Waals surface area contributed by atoms with Crippen LogP contribution in [-0.4, -0.2) is 39.0 Å². The second kappa shape index (κ2) is 19.2. The third-order valence-corrected chi connectivity index (χ3v) is 12.7. The van der Waals surface area contributed by atoms with Crippen molar-refractivity contribution in [3.63, 3.8) is 0 Å². The summed E-state index contributed by atoms with van der Waals surface area (Å²) in [7, 11) is -8.33. The minimum atomic E-state index is -4.83. The first-order chi connectivity index (χ1) is 29.5. The number of rotatable bonds is 14. The highest BCUT2D eigenvalue weighted by Gasteiger charge is 2.37.